The van der Waals surface area contributed by atoms with Crippen LogP contribution in [-0.2, 0) is 19.6 Å². The monoisotopic (exact) mass is 364 g/mol. The van der Waals surface area contributed by atoms with Gasteiger partial charge in [-0.1, -0.05) is 17.7 Å². The molecule has 0 N–H and O–H groups in total. The third-order valence-corrected chi connectivity index (χ3v) is 4.53. The van der Waals surface area contributed by atoms with Gasteiger partial charge in [-0.2, -0.15) is 8.42 Å². The molecular weight excluding hydrogens is 348 g/mol. The maximum absolute atomic E-state index is 12.4. The van der Waals surface area contributed by atoms with E-state index in [4.69, 9.17) is 4.18 Å². The lowest BCUT2D eigenvalue weighted by Crippen LogP contribution is -2.12. The Hall–Kier alpha value is -2.87. The number of hydrogen-bond acceptors (Lipinski definition) is 7. The Morgan fingerprint density at radius 3 is 1.76 bits per heavy atom. The van der Waals surface area contributed by atoms with Gasteiger partial charge in [0.15, 0.2) is 0 Å². The molecule has 0 aromatic heterocycles. The minimum absolute atomic E-state index is 0.0421. The van der Waals surface area contributed by atoms with Crippen LogP contribution in [0.1, 0.15) is 26.3 Å². The Morgan fingerprint density at radius 1 is 0.840 bits per heavy atom. The van der Waals surface area contributed by atoms with Gasteiger partial charge in [0, 0.05) is 0 Å². The third-order valence-electron chi connectivity index (χ3n) is 3.26. The van der Waals surface area contributed by atoms with Crippen LogP contribution in [0.4, 0.5) is 0 Å². The predicted molar refractivity (Wildman–Crippen MR) is 88.1 cm³/mol. The summed E-state index contributed by atoms with van der Waals surface area (Å²) in [5.74, 6) is -1.70. The predicted octanol–water partition coefficient (Wildman–Crippen LogP) is 2.34. The quantitative estimate of drug-likeness (QED) is 0.593. The summed E-state index contributed by atoms with van der Waals surface area (Å²) >= 11 is 0. The van der Waals surface area contributed by atoms with Gasteiger partial charge in [0.1, 0.15) is 10.6 Å². The molecule has 0 fully saturated rings. The van der Waals surface area contributed by atoms with Gasteiger partial charge in [-0.3, -0.25) is 0 Å². The van der Waals surface area contributed by atoms with Crippen molar-refractivity contribution in [3.05, 3.63) is 59.2 Å². The minimum Gasteiger partial charge on any atom is -0.465 e. The number of ether oxygens (including phenoxy) is 2. The second kappa shape index (κ2) is 7.35. The first kappa shape index (κ1) is 18.5. The van der Waals surface area contributed by atoms with Gasteiger partial charge in [-0.15, -0.1) is 0 Å². The molecule has 2 aromatic carbocycles. The summed E-state index contributed by atoms with van der Waals surface area (Å²) in [6, 6.07) is 9.62. The Labute approximate surface area is 145 Å². The highest BCUT2D eigenvalue weighted by atomic mass is 32.2. The summed E-state index contributed by atoms with van der Waals surface area (Å²) in [5, 5.41) is 0. The fourth-order valence-electron chi connectivity index (χ4n) is 2.00. The molecule has 0 unspecified atom stereocenters. The average Bonchev–Trinajstić information content (AvgIpc) is 2.59. The first-order valence-corrected chi connectivity index (χ1v) is 8.50. The maximum Gasteiger partial charge on any atom is 0.339 e. The van der Waals surface area contributed by atoms with Crippen molar-refractivity contribution in [2.75, 3.05) is 14.2 Å². The number of methoxy groups -OCH3 is 2. The van der Waals surface area contributed by atoms with Gasteiger partial charge in [0.2, 0.25) is 0 Å². The Morgan fingerprint density at radius 2 is 1.32 bits per heavy atom. The standard InChI is InChI=1S/C17H16O7S/c1-11-4-6-15(7-5-11)25(20,21)24-14-9-12(16(18)22-2)8-13(10-14)17(19)23-3/h4-10H,1-3H3. The van der Waals surface area contributed by atoms with Crippen molar-refractivity contribution in [1.29, 1.82) is 0 Å². The highest BCUT2D eigenvalue weighted by Crippen LogP contribution is 2.23. The van der Waals surface area contributed by atoms with E-state index in [0.29, 0.717) is 0 Å². The minimum atomic E-state index is -4.13. The summed E-state index contributed by atoms with van der Waals surface area (Å²) in [6.07, 6.45) is 0. The first-order valence-electron chi connectivity index (χ1n) is 7.09. The van der Waals surface area contributed by atoms with Crippen LogP contribution in [0.25, 0.3) is 0 Å². The molecule has 2 aromatic rings. The van der Waals surface area contributed by atoms with Crippen molar-refractivity contribution >= 4 is 22.1 Å². The van der Waals surface area contributed by atoms with Gasteiger partial charge in [-0.25, -0.2) is 9.59 Å². The molecule has 0 aliphatic carbocycles. The van der Waals surface area contributed by atoms with E-state index in [1.807, 2.05) is 6.92 Å². The molecule has 0 saturated carbocycles. The van der Waals surface area contributed by atoms with Crippen LogP contribution in [0.2, 0.25) is 0 Å². The van der Waals surface area contributed by atoms with Gasteiger partial charge >= 0.3 is 22.1 Å². The van der Waals surface area contributed by atoms with Crippen LogP contribution >= 0.6 is 0 Å². The number of carbonyl (C=O) groups is 2. The van der Waals surface area contributed by atoms with E-state index in [2.05, 4.69) is 9.47 Å². The Kier molecular flexibility index (Phi) is 5.43. The lowest BCUT2D eigenvalue weighted by Gasteiger charge is -2.10. The number of hydrogen-bond donors (Lipinski definition) is 0. The van der Waals surface area contributed by atoms with Gasteiger partial charge in [0.05, 0.1) is 25.3 Å². The van der Waals surface area contributed by atoms with Gasteiger partial charge < -0.3 is 13.7 Å². The topological polar surface area (TPSA) is 96.0 Å². The molecule has 0 spiro atoms. The molecule has 2 rings (SSSR count). The maximum atomic E-state index is 12.4. The summed E-state index contributed by atoms with van der Waals surface area (Å²) in [7, 11) is -1.81. The lowest BCUT2D eigenvalue weighted by atomic mass is 10.1. The zero-order valence-electron chi connectivity index (χ0n) is 13.8. The van der Waals surface area contributed by atoms with Crippen molar-refractivity contribution in [3.8, 4) is 5.75 Å². The highest BCUT2D eigenvalue weighted by molar-refractivity contribution is 7.87. The van der Waals surface area contributed by atoms with Crippen LogP contribution in [-0.4, -0.2) is 34.6 Å². The molecule has 0 heterocycles. The van der Waals surface area contributed by atoms with Crippen molar-refractivity contribution in [3.63, 3.8) is 0 Å². The normalized spacial score (nSPS) is 10.8. The molecule has 7 nitrogen and oxygen atoms in total. The van der Waals surface area contributed by atoms with Crippen LogP contribution in [0.3, 0.4) is 0 Å². The second-order valence-electron chi connectivity index (χ2n) is 5.08. The van der Waals surface area contributed by atoms with Crippen molar-refractivity contribution in [1.82, 2.24) is 0 Å². The van der Waals surface area contributed by atoms with E-state index >= 15 is 0 Å². The number of aryl methyl sites for hydroxylation is 1. The van der Waals surface area contributed by atoms with Crippen molar-refractivity contribution < 1.29 is 31.7 Å². The van der Waals surface area contributed by atoms with Crippen molar-refractivity contribution in [2.24, 2.45) is 0 Å². The number of esters is 2. The highest BCUT2D eigenvalue weighted by Gasteiger charge is 2.20. The molecule has 0 radical (unpaired) electrons. The van der Waals surface area contributed by atoms with Crippen LogP contribution in [0, 0.1) is 6.92 Å². The van der Waals surface area contributed by atoms with E-state index in [-0.39, 0.29) is 21.8 Å². The van der Waals surface area contributed by atoms with Gasteiger partial charge in [-0.05, 0) is 37.3 Å². The zero-order valence-corrected chi connectivity index (χ0v) is 14.6. The van der Waals surface area contributed by atoms with E-state index in [1.54, 1.807) is 12.1 Å². The SMILES string of the molecule is COC(=O)c1cc(OS(=O)(=O)c2ccc(C)cc2)cc(C(=O)OC)c1. The summed E-state index contributed by atoms with van der Waals surface area (Å²) in [6.45, 7) is 1.82. The number of rotatable bonds is 5. The molecular formula is C17H16O7S. The average molecular weight is 364 g/mol. The largest absolute Gasteiger partial charge is 0.465 e. The fourth-order valence-corrected chi connectivity index (χ4v) is 2.91. The summed E-state index contributed by atoms with van der Waals surface area (Å²) < 4.78 is 39.0. The van der Waals surface area contributed by atoms with Gasteiger partial charge in [0.25, 0.3) is 0 Å². The van der Waals surface area contributed by atoms with Crippen LogP contribution < -0.4 is 4.18 Å². The van der Waals surface area contributed by atoms with E-state index in [9.17, 15) is 18.0 Å². The van der Waals surface area contributed by atoms with E-state index in [0.717, 1.165) is 19.8 Å². The van der Waals surface area contributed by atoms with Crippen LogP contribution in [0.5, 0.6) is 5.75 Å². The smallest absolute Gasteiger partial charge is 0.339 e. The van der Waals surface area contributed by atoms with Crippen molar-refractivity contribution in [2.45, 2.75) is 11.8 Å². The molecule has 0 amide bonds. The third kappa shape index (κ3) is 4.36. The first-order chi connectivity index (χ1) is 11.8. The van der Waals surface area contributed by atoms with Crippen LogP contribution in [0.15, 0.2) is 47.4 Å². The molecule has 132 valence electrons. The molecule has 0 aliphatic heterocycles. The fraction of sp³-hybridized carbons (Fsp3) is 0.176. The summed E-state index contributed by atoms with van der Waals surface area (Å²) in [4.78, 5) is 23.4. The second-order valence-corrected chi connectivity index (χ2v) is 6.63. The van der Waals surface area contributed by atoms with E-state index in [1.165, 1.54) is 30.3 Å². The lowest BCUT2D eigenvalue weighted by molar-refractivity contribution is 0.0598. The molecule has 25 heavy (non-hydrogen) atoms. The Bertz CT molecular complexity index is 865. The number of benzene rings is 2. The zero-order chi connectivity index (χ0) is 18.6. The molecule has 0 saturated heterocycles. The molecule has 8 heteroatoms. The Balaban J connectivity index is 2.45. The molecule has 0 aliphatic rings. The molecule has 0 bridgehead atoms. The molecule has 0 atom stereocenters. The van der Waals surface area contributed by atoms with E-state index < -0.39 is 22.1 Å². The number of carbonyl (C=O) groups excluding carboxylic acids is 2. The summed E-state index contributed by atoms with van der Waals surface area (Å²) in [5.41, 5.74) is 0.804.